The predicted molar refractivity (Wildman–Crippen MR) is 104 cm³/mol. The van der Waals surface area contributed by atoms with Crippen molar-refractivity contribution in [3.8, 4) is 22.9 Å². The van der Waals surface area contributed by atoms with E-state index in [4.69, 9.17) is 14.2 Å². The van der Waals surface area contributed by atoms with Crippen LogP contribution in [-0.2, 0) is 9.53 Å². The number of hydrogen-bond donors (Lipinski definition) is 0. The lowest BCUT2D eigenvalue weighted by atomic mass is 10.2. The molecule has 1 heterocycles. The van der Waals surface area contributed by atoms with E-state index in [1.54, 1.807) is 38.4 Å². The Balaban J connectivity index is 1.88. The number of unbranched alkanes of at least 4 members (excludes halogenated alkanes) is 3. The van der Waals surface area contributed by atoms with Gasteiger partial charge in [-0.25, -0.2) is 14.8 Å². The molecular formula is C21H28N2O4. The molecule has 2 aromatic rings. The summed E-state index contributed by atoms with van der Waals surface area (Å²) in [7, 11) is 0. The zero-order valence-corrected chi connectivity index (χ0v) is 16.3. The topological polar surface area (TPSA) is 70.5 Å². The molecule has 0 radical (unpaired) electrons. The van der Waals surface area contributed by atoms with E-state index >= 15 is 0 Å². The normalized spacial score (nSPS) is 11.7. The van der Waals surface area contributed by atoms with Crippen LogP contribution in [0.15, 0.2) is 36.7 Å². The zero-order chi connectivity index (χ0) is 19.5. The van der Waals surface area contributed by atoms with Gasteiger partial charge >= 0.3 is 5.97 Å². The minimum absolute atomic E-state index is 0.335. The molecule has 0 fully saturated rings. The van der Waals surface area contributed by atoms with Gasteiger partial charge in [0.2, 0.25) is 0 Å². The first kappa shape index (κ1) is 20.7. The molecule has 0 spiro atoms. The van der Waals surface area contributed by atoms with Crippen molar-refractivity contribution in [3.63, 3.8) is 0 Å². The molecule has 0 N–H and O–H groups in total. The summed E-state index contributed by atoms with van der Waals surface area (Å²) in [6.45, 7) is 6.64. The highest BCUT2D eigenvalue weighted by molar-refractivity contribution is 5.74. The van der Waals surface area contributed by atoms with Crippen LogP contribution in [0.1, 0.15) is 46.5 Å². The van der Waals surface area contributed by atoms with E-state index in [1.807, 2.05) is 12.1 Å². The van der Waals surface area contributed by atoms with Crippen molar-refractivity contribution in [1.82, 2.24) is 9.97 Å². The monoisotopic (exact) mass is 372 g/mol. The Kier molecular flexibility index (Phi) is 8.55. The Hall–Kier alpha value is -2.63. The first-order valence-corrected chi connectivity index (χ1v) is 9.52. The van der Waals surface area contributed by atoms with Crippen molar-refractivity contribution in [2.24, 2.45) is 0 Å². The molecule has 2 rings (SSSR count). The van der Waals surface area contributed by atoms with Crippen molar-refractivity contribution in [3.05, 3.63) is 36.7 Å². The number of benzene rings is 1. The lowest BCUT2D eigenvalue weighted by Crippen LogP contribution is -2.25. The highest BCUT2D eigenvalue weighted by atomic mass is 16.6. The maximum absolute atomic E-state index is 11.6. The number of carbonyl (C=O) groups is 1. The van der Waals surface area contributed by atoms with E-state index in [0.717, 1.165) is 12.0 Å². The summed E-state index contributed by atoms with van der Waals surface area (Å²) in [5.74, 6) is 1.50. The minimum atomic E-state index is -0.652. The second kappa shape index (κ2) is 11.2. The molecule has 0 aliphatic rings. The van der Waals surface area contributed by atoms with Crippen molar-refractivity contribution in [2.45, 2.75) is 52.6 Å². The van der Waals surface area contributed by atoms with Gasteiger partial charge in [0.05, 0.1) is 25.6 Å². The summed E-state index contributed by atoms with van der Waals surface area (Å²) < 4.78 is 16.2. The molecule has 0 saturated heterocycles. The quantitative estimate of drug-likeness (QED) is 0.429. The Morgan fingerprint density at radius 3 is 2.33 bits per heavy atom. The van der Waals surface area contributed by atoms with Crippen molar-refractivity contribution in [1.29, 1.82) is 0 Å². The molecule has 1 atom stereocenters. The second-order valence-corrected chi connectivity index (χ2v) is 6.19. The third-order valence-electron chi connectivity index (χ3n) is 3.94. The molecule has 1 unspecified atom stereocenters. The molecule has 27 heavy (non-hydrogen) atoms. The van der Waals surface area contributed by atoms with E-state index in [0.29, 0.717) is 30.5 Å². The predicted octanol–water partition coefficient (Wildman–Crippen LogP) is 4.43. The smallest absolute Gasteiger partial charge is 0.347 e. The Morgan fingerprint density at radius 2 is 1.70 bits per heavy atom. The highest BCUT2D eigenvalue weighted by Gasteiger charge is 2.15. The first-order valence-electron chi connectivity index (χ1n) is 9.52. The Labute approximate surface area is 160 Å². The fourth-order valence-electron chi connectivity index (χ4n) is 2.45. The van der Waals surface area contributed by atoms with E-state index in [2.05, 4.69) is 16.9 Å². The van der Waals surface area contributed by atoms with Gasteiger partial charge in [-0.3, -0.25) is 0 Å². The first-order chi connectivity index (χ1) is 13.1. The van der Waals surface area contributed by atoms with Crippen LogP contribution in [-0.4, -0.2) is 35.3 Å². The standard InChI is InChI=1S/C21H28N2O4/c1-4-6-7-8-13-26-19-14-22-20(23-15-19)17-9-11-18(12-10-17)27-16(3)21(24)25-5-2/h9-12,14-16H,4-8,13H2,1-3H3. The maximum Gasteiger partial charge on any atom is 0.347 e. The molecule has 0 aliphatic heterocycles. The maximum atomic E-state index is 11.6. The number of aromatic nitrogens is 2. The summed E-state index contributed by atoms with van der Waals surface area (Å²) in [5, 5.41) is 0. The molecule has 0 bridgehead atoms. The summed E-state index contributed by atoms with van der Waals surface area (Å²) in [6.07, 6.45) is 7.39. The average molecular weight is 372 g/mol. The molecule has 6 heteroatoms. The number of hydrogen-bond acceptors (Lipinski definition) is 6. The van der Waals surface area contributed by atoms with Crippen LogP contribution in [0, 0.1) is 0 Å². The van der Waals surface area contributed by atoms with E-state index in [9.17, 15) is 4.79 Å². The van der Waals surface area contributed by atoms with Crippen molar-refractivity contribution >= 4 is 5.97 Å². The van der Waals surface area contributed by atoms with Gasteiger partial charge in [-0.2, -0.15) is 0 Å². The number of nitrogens with zero attached hydrogens (tertiary/aromatic N) is 2. The molecule has 6 nitrogen and oxygen atoms in total. The number of rotatable bonds is 11. The van der Waals surface area contributed by atoms with Crippen LogP contribution in [0.3, 0.4) is 0 Å². The summed E-state index contributed by atoms with van der Waals surface area (Å²) in [4.78, 5) is 20.3. The largest absolute Gasteiger partial charge is 0.490 e. The van der Waals surface area contributed by atoms with Crippen LogP contribution in [0.25, 0.3) is 11.4 Å². The van der Waals surface area contributed by atoms with Crippen LogP contribution < -0.4 is 9.47 Å². The van der Waals surface area contributed by atoms with Gasteiger partial charge in [-0.1, -0.05) is 26.2 Å². The third-order valence-corrected chi connectivity index (χ3v) is 3.94. The Bertz CT molecular complexity index is 686. The van der Waals surface area contributed by atoms with Gasteiger partial charge in [0.15, 0.2) is 17.7 Å². The molecule has 0 aliphatic carbocycles. The number of ether oxygens (including phenoxy) is 3. The summed E-state index contributed by atoms with van der Waals surface area (Å²) in [5.41, 5.74) is 0.862. The SMILES string of the molecule is CCCCCCOc1cnc(-c2ccc(OC(C)C(=O)OCC)cc2)nc1. The van der Waals surface area contributed by atoms with Gasteiger partial charge in [0, 0.05) is 5.56 Å². The zero-order valence-electron chi connectivity index (χ0n) is 16.3. The van der Waals surface area contributed by atoms with Gasteiger partial charge in [-0.05, 0) is 44.5 Å². The molecular weight excluding hydrogens is 344 g/mol. The van der Waals surface area contributed by atoms with Gasteiger partial charge in [-0.15, -0.1) is 0 Å². The Morgan fingerprint density at radius 1 is 1.00 bits per heavy atom. The lowest BCUT2D eigenvalue weighted by molar-refractivity contribution is -0.150. The van der Waals surface area contributed by atoms with Gasteiger partial charge in [0.25, 0.3) is 0 Å². The molecule has 0 amide bonds. The molecule has 1 aromatic heterocycles. The second-order valence-electron chi connectivity index (χ2n) is 6.19. The summed E-state index contributed by atoms with van der Waals surface area (Å²) in [6, 6.07) is 7.28. The highest BCUT2D eigenvalue weighted by Crippen LogP contribution is 2.21. The van der Waals surface area contributed by atoms with Crippen LogP contribution >= 0.6 is 0 Å². The third kappa shape index (κ3) is 6.89. The molecule has 0 saturated carbocycles. The summed E-state index contributed by atoms with van der Waals surface area (Å²) >= 11 is 0. The molecule has 146 valence electrons. The fraction of sp³-hybridized carbons (Fsp3) is 0.476. The van der Waals surface area contributed by atoms with E-state index < -0.39 is 6.10 Å². The van der Waals surface area contributed by atoms with Crippen molar-refractivity contribution < 1.29 is 19.0 Å². The molecule has 1 aromatic carbocycles. The van der Waals surface area contributed by atoms with Crippen LogP contribution in [0.2, 0.25) is 0 Å². The minimum Gasteiger partial charge on any atom is -0.490 e. The number of esters is 1. The average Bonchev–Trinajstić information content (AvgIpc) is 2.69. The van der Waals surface area contributed by atoms with Crippen molar-refractivity contribution in [2.75, 3.05) is 13.2 Å². The fourth-order valence-corrected chi connectivity index (χ4v) is 2.45. The number of carbonyl (C=O) groups excluding carboxylic acids is 1. The van der Waals surface area contributed by atoms with Gasteiger partial charge in [0.1, 0.15) is 5.75 Å². The van der Waals surface area contributed by atoms with Crippen LogP contribution in [0.5, 0.6) is 11.5 Å². The lowest BCUT2D eigenvalue weighted by Gasteiger charge is -2.13. The van der Waals surface area contributed by atoms with E-state index in [-0.39, 0.29) is 5.97 Å². The van der Waals surface area contributed by atoms with Gasteiger partial charge < -0.3 is 14.2 Å². The van der Waals surface area contributed by atoms with E-state index in [1.165, 1.54) is 19.3 Å². The van der Waals surface area contributed by atoms with Crippen LogP contribution in [0.4, 0.5) is 0 Å².